The second-order valence-corrected chi connectivity index (χ2v) is 6.16. The van der Waals surface area contributed by atoms with Crippen molar-refractivity contribution in [1.29, 1.82) is 0 Å². The fourth-order valence-electron chi connectivity index (χ4n) is 1.61. The molecule has 0 aliphatic heterocycles. The Morgan fingerprint density at radius 1 is 1.35 bits per heavy atom. The van der Waals surface area contributed by atoms with Crippen LogP contribution in [0.1, 0.15) is 17.3 Å². The number of rotatable bonds is 5. The third-order valence-corrected chi connectivity index (χ3v) is 4.23. The van der Waals surface area contributed by atoms with Gasteiger partial charge in [0.2, 0.25) is 15.9 Å². The number of nitrogens with one attached hydrogen (secondary N) is 1. The molecule has 2 aromatic rings. The highest BCUT2D eigenvalue weighted by molar-refractivity contribution is 7.89. The third-order valence-electron chi connectivity index (χ3n) is 2.77. The van der Waals surface area contributed by atoms with Gasteiger partial charge in [0.15, 0.2) is 5.82 Å². The normalized spacial score (nSPS) is 11.7. The zero-order chi connectivity index (χ0) is 14.8. The Bertz CT molecular complexity index is 709. The highest BCUT2D eigenvalue weighted by atomic mass is 32.2. The first kappa shape index (κ1) is 14.5. The van der Waals surface area contributed by atoms with Crippen molar-refractivity contribution in [1.82, 2.24) is 14.9 Å². The van der Waals surface area contributed by atoms with E-state index in [1.807, 2.05) is 6.92 Å². The van der Waals surface area contributed by atoms with Gasteiger partial charge in [0.05, 0.1) is 4.90 Å². The first-order valence-corrected chi connectivity index (χ1v) is 7.52. The van der Waals surface area contributed by atoms with Crippen LogP contribution in [0.2, 0.25) is 0 Å². The second kappa shape index (κ2) is 5.59. The molecule has 1 heterocycles. The van der Waals surface area contributed by atoms with Crippen LogP contribution in [0.4, 0.5) is 5.69 Å². The van der Waals surface area contributed by atoms with E-state index in [4.69, 9.17) is 10.3 Å². The smallest absolute Gasteiger partial charge is 0.240 e. The maximum atomic E-state index is 12.1. The predicted octanol–water partition coefficient (Wildman–Crippen LogP) is 0.790. The molecule has 0 fully saturated rings. The van der Waals surface area contributed by atoms with Gasteiger partial charge >= 0.3 is 0 Å². The topological polar surface area (TPSA) is 111 Å². The number of nitrogen functional groups attached to an aromatic ring is 1. The lowest BCUT2D eigenvalue weighted by Crippen LogP contribution is -2.26. The van der Waals surface area contributed by atoms with Gasteiger partial charge in [-0.1, -0.05) is 11.2 Å². The van der Waals surface area contributed by atoms with Gasteiger partial charge in [-0.2, -0.15) is 4.98 Å². The Morgan fingerprint density at radius 3 is 2.70 bits per heavy atom. The molecular formula is C12H16N4O3S. The van der Waals surface area contributed by atoms with Crippen LogP contribution in [0.3, 0.4) is 0 Å². The summed E-state index contributed by atoms with van der Waals surface area (Å²) in [4.78, 5) is 4.14. The van der Waals surface area contributed by atoms with Gasteiger partial charge in [-0.3, -0.25) is 0 Å². The molecule has 0 radical (unpaired) electrons. The molecule has 0 spiro atoms. The van der Waals surface area contributed by atoms with E-state index < -0.39 is 10.0 Å². The van der Waals surface area contributed by atoms with Crippen LogP contribution in [0.25, 0.3) is 0 Å². The van der Waals surface area contributed by atoms with Crippen molar-refractivity contribution in [2.45, 2.75) is 25.2 Å². The number of nitrogens with zero attached hydrogens (tertiary/aromatic N) is 2. The summed E-state index contributed by atoms with van der Waals surface area (Å²) < 4.78 is 31.4. The van der Waals surface area contributed by atoms with Crippen molar-refractivity contribution in [2.75, 3.05) is 12.3 Å². The molecule has 7 nitrogen and oxygen atoms in total. The van der Waals surface area contributed by atoms with E-state index in [1.54, 1.807) is 13.0 Å². The monoisotopic (exact) mass is 296 g/mol. The van der Waals surface area contributed by atoms with Crippen LogP contribution in [0, 0.1) is 13.8 Å². The van der Waals surface area contributed by atoms with Crippen LogP contribution < -0.4 is 10.5 Å². The van der Waals surface area contributed by atoms with E-state index in [2.05, 4.69) is 14.9 Å². The van der Waals surface area contributed by atoms with Crippen molar-refractivity contribution in [3.63, 3.8) is 0 Å². The SMILES string of the molecule is Cc1nc(CCNS(=O)(=O)c2ccc(C)c(N)c2)no1. The summed E-state index contributed by atoms with van der Waals surface area (Å²) in [5, 5.41) is 3.69. The Balaban J connectivity index is 2.02. The predicted molar refractivity (Wildman–Crippen MR) is 73.5 cm³/mol. The minimum absolute atomic E-state index is 0.143. The lowest BCUT2D eigenvalue weighted by Gasteiger charge is -2.07. The standard InChI is InChI=1S/C12H16N4O3S/c1-8-3-4-10(7-11(8)13)20(17,18)14-6-5-12-15-9(2)19-16-12/h3-4,7,14H,5-6,13H2,1-2H3. The molecule has 0 aliphatic carbocycles. The van der Waals surface area contributed by atoms with Crippen LogP contribution in [0.5, 0.6) is 0 Å². The minimum Gasteiger partial charge on any atom is -0.398 e. The number of hydrogen-bond acceptors (Lipinski definition) is 6. The summed E-state index contributed by atoms with van der Waals surface area (Å²) in [6.45, 7) is 3.68. The number of aryl methyl sites for hydroxylation is 2. The molecule has 0 atom stereocenters. The largest absolute Gasteiger partial charge is 0.398 e. The molecule has 0 unspecified atom stereocenters. The second-order valence-electron chi connectivity index (χ2n) is 4.40. The maximum Gasteiger partial charge on any atom is 0.240 e. The average Bonchev–Trinajstić information content (AvgIpc) is 2.78. The zero-order valence-corrected chi connectivity index (χ0v) is 12.1. The Morgan fingerprint density at radius 2 is 2.10 bits per heavy atom. The molecule has 0 saturated carbocycles. The minimum atomic E-state index is -3.58. The van der Waals surface area contributed by atoms with E-state index in [-0.39, 0.29) is 11.4 Å². The molecule has 0 saturated heterocycles. The number of anilines is 1. The lowest BCUT2D eigenvalue weighted by molar-refractivity contribution is 0.387. The highest BCUT2D eigenvalue weighted by Gasteiger charge is 2.14. The number of sulfonamides is 1. The average molecular weight is 296 g/mol. The van der Waals surface area contributed by atoms with Crippen molar-refractivity contribution in [2.24, 2.45) is 0 Å². The summed E-state index contributed by atoms with van der Waals surface area (Å²) in [5.41, 5.74) is 7.00. The van der Waals surface area contributed by atoms with E-state index >= 15 is 0 Å². The fraction of sp³-hybridized carbons (Fsp3) is 0.333. The van der Waals surface area contributed by atoms with Crippen LogP contribution >= 0.6 is 0 Å². The molecule has 0 amide bonds. The number of hydrogen-bond donors (Lipinski definition) is 2. The van der Waals surface area contributed by atoms with E-state index in [0.717, 1.165) is 5.56 Å². The van der Waals surface area contributed by atoms with Crippen molar-refractivity contribution in [3.8, 4) is 0 Å². The lowest BCUT2D eigenvalue weighted by atomic mass is 10.2. The van der Waals surface area contributed by atoms with Gasteiger partial charge in [0.25, 0.3) is 0 Å². The number of nitrogens with two attached hydrogens (primary N) is 1. The summed E-state index contributed by atoms with van der Waals surface area (Å²) in [7, 11) is -3.58. The molecule has 20 heavy (non-hydrogen) atoms. The molecule has 0 aliphatic rings. The number of benzene rings is 1. The summed E-state index contributed by atoms with van der Waals surface area (Å²) in [6, 6.07) is 4.63. The molecule has 8 heteroatoms. The Kier molecular flexibility index (Phi) is 4.05. The van der Waals surface area contributed by atoms with E-state index in [1.165, 1.54) is 12.1 Å². The van der Waals surface area contributed by atoms with Crippen LogP contribution in [0.15, 0.2) is 27.6 Å². The van der Waals surface area contributed by atoms with Crippen molar-refractivity contribution < 1.29 is 12.9 Å². The van der Waals surface area contributed by atoms with Crippen LogP contribution in [-0.4, -0.2) is 25.1 Å². The summed E-state index contributed by atoms with van der Waals surface area (Å²) in [6.07, 6.45) is 0.359. The first-order valence-electron chi connectivity index (χ1n) is 6.03. The van der Waals surface area contributed by atoms with E-state index in [0.29, 0.717) is 23.8 Å². The Hall–Kier alpha value is -1.93. The molecule has 0 bridgehead atoms. The third kappa shape index (κ3) is 3.34. The van der Waals surface area contributed by atoms with Gasteiger partial charge in [-0.05, 0) is 24.6 Å². The first-order chi connectivity index (χ1) is 9.38. The van der Waals surface area contributed by atoms with Gasteiger partial charge in [0.1, 0.15) is 0 Å². The van der Waals surface area contributed by atoms with Crippen LogP contribution in [-0.2, 0) is 16.4 Å². The molecular weight excluding hydrogens is 280 g/mol. The van der Waals surface area contributed by atoms with Gasteiger partial charge in [-0.15, -0.1) is 0 Å². The molecule has 2 rings (SSSR count). The molecule has 108 valence electrons. The summed E-state index contributed by atoms with van der Waals surface area (Å²) in [5.74, 6) is 0.919. The maximum absolute atomic E-state index is 12.1. The van der Waals surface area contributed by atoms with Crippen molar-refractivity contribution >= 4 is 15.7 Å². The van der Waals surface area contributed by atoms with Gasteiger partial charge < -0.3 is 10.3 Å². The molecule has 3 N–H and O–H groups in total. The molecule has 1 aromatic heterocycles. The summed E-state index contributed by atoms with van der Waals surface area (Å²) >= 11 is 0. The van der Waals surface area contributed by atoms with E-state index in [9.17, 15) is 8.42 Å². The number of aromatic nitrogens is 2. The quantitative estimate of drug-likeness (QED) is 0.789. The van der Waals surface area contributed by atoms with Gasteiger partial charge in [0, 0.05) is 25.6 Å². The van der Waals surface area contributed by atoms with Gasteiger partial charge in [-0.25, -0.2) is 13.1 Å². The molecule has 1 aromatic carbocycles. The zero-order valence-electron chi connectivity index (χ0n) is 11.3. The van der Waals surface area contributed by atoms with Crippen molar-refractivity contribution in [3.05, 3.63) is 35.5 Å². The Labute approximate surface area is 117 Å². The fourth-order valence-corrected chi connectivity index (χ4v) is 2.68. The highest BCUT2D eigenvalue weighted by Crippen LogP contribution is 2.16.